The van der Waals surface area contributed by atoms with Gasteiger partial charge in [-0.1, -0.05) is 64.2 Å². The molecule has 0 amide bonds. The fraction of sp³-hybridized carbons (Fsp3) is 0.500. The van der Waals surface area contributed by atoms with Crippen LogP contribution in [-0.2, 0) is 4.74 Å². The number of ether oxygens (including phenoxy) is 1. The van der Waals surface area contributed by atoms with E-state index in [0.717, 1.165) is 6.42 Å². The predicted molar refractivity (Wildman–Crippen MR) is 80.2 cm³/mol. The van der Waals surface area contributed by atoms with Crippen LogP contribution in [0, 0.1) is 0 Å². The Bertz CT molecular complexity index is 440. The third-order valence-corrected chi connectivity index (χ3v) is 9.75. The number of hydrogen-bond donors (Lipinski definition) is 0. The largest absolute Gasteiger partial charge is 0.495 e. The van der Waals surface area contributed by atoms with Gasteiger partial charge in [0.1, 0.15) is 14.2 Å². The van der Waals surface area contributed by atoms with Gasteiger partial charge in [0, 0.05) is 6.42 Å². The predicted octanol–water partition coefficient (Wildman–Crippen LogP) is 5.08. The van der Waals surface area contributed by atoms with E-state index < -0.39 is 8.07 Å². The molecule has 1 aromatic carbocycles. The lowest BCUT2D eigenvalue weighted by atomic mass is 10.1. The summed E-state index contributed by atoms with van der Waals surface area (Å²) in [5, 5.41) is 1.62. The summed E-state index contributed by atoms with van der Waals surface area (Å²) >= 11 is 0. The molecule has 98 valence electrons. The Balaban J connectivity index is 2.14. The molecule has 1 aromatic rings. The zero-order chi connectivity index (χ0) is 13.4. The van der Waals surface area contributed by atoms with Gasteiger partial charge in [-0.25, -0.2) is 0 Å². The van der Waals surface area contributed by atoms with E-state index in [1.165, 1.54) is 10.9 Å². The highest BCUT2D eigenvalue weighted by molar-refractivity contribution is 6.86. The zero-order valence-electron chi connectivity index (χ0n) is 12.2. The van der Waals surface area contributed by atoms with Gasteiger partial charge in [0.25, 0.3) is 0 Å². The molecule has 0 fully saturated rings. The minimum atomic E-state index is -1.51. The second-order valence-corrected chi connectivity index (χ2v) is 11.9. The summed E-state index contributed by atoms with van der Waals surface area (Å²) < 4.78 is 6.26. The van der Waals surface area contributed by atoms with Crippen molar-refractivity contribution in [2.45, 2.75) is 51.4 Å². The lowest BCUT2D eigenvalue weighted by Crippen LogP contribution is -2.40. The maximum absolute atomic E-state index is 6.26. The molecule has 0 spiro atoms. The van der Waals surface area contributed by atoms with Gasteiger partial charge >= 0.3 is 0 Å². The van der Waals surface area contributed by atoms with E-state index in [9.17, 15) is 0 Å². The minimum absolute atomic E-state index is 0.232. The molecule has 0 saturated heterocycles. The molecule has 1 atom stereocenters. The highest BCUT2D eigenvalue weighted by atomic mass is 28.3. The first kappa shape index (κ1) is 13.4. The maximum atomic E-state index is 6.26. The van der Waals surface area contributed by atoms with E-state index in [-0.39, 0.29) is 6.10 Å². The summed E-state index contributed by atoms with van der Waals surface area (Å²) in [5.41, 5.74) is 1.29. The summed E-state index contributed by atoms with van der Waals surface area (Å²) in [6, 6.07) is 10.5. The SMILES string of the molecule is CC(C)(C)[Si](C)(C)C1=CCC(c2ccccc2)O1. The minimum Gasteiger partial charge on any atom is -0.495 e. The standard InChI is InChI=1S/C16H24OSi/c1-16(2,3)18(4,5)15-12-11-14(17-15)13-9-7-6-8-10-13/h6-10,12,14H,11H2,1-5H3. The Kier molecular flexibility index (Phi) is 3.41. The van der Waals surface area contributed by atoms with E-state index in [4.69, 9.17) is 4.74 Å². The fourth-order valence-corrected chi connectivity index (χ4v) is 3.91. The first-order chi connectivity index (χ1) is 8.32. The fourth-order valence-electron chi connectivity index (χ4n) is 2.11. The average Bonchev–Trinajstić information content (AvgIpc) is 2.78. The molecule has 0 aliphatic carbocycles. The molecule has 1 aliphatic rings. The van der Waals surface area contributed by atoms with Crippen LogP contribution in [0.2, 0.25) is 18.1 Å². The van der Waals surface area contributed by atoms with Crippen LogP contribution in [0.15, 0.2) is 41.8 Å². The van der Waals surface area contributed by atoms with Crippen molar-refractivity contribution in [3.8, 4) is 0 Å². The molecule has 0 bridgehead atoms. The molecule has 0 radical (unpaired) electrons. The summed E-state index contributed by atoms with van der Waals surface area (Å²) in [4.78, 5) is 0. The van der Waals surface area contributed by atoms with Crippen LogP contribution in [0.4, 0.5) is 0 Å². The molecule has 1 nitrogen and oxygen atoms in total. The topological polar surface area (TPSA) is 9.23 Å². The van der Waals surface area contributed by atoms with Crippen molar-refractivity contribution in [1.82, 2.24) is 0 Å². The van der Waals surface area contributed by atoms with Crippen LogP contribution < -0.4 is 0 Å². The lowest BCUT2D eigenvalue weighted by Gasteiger charge is -2.37. The highest BCUT2D eigenvalue weighted by Crippen LogP contribution is 2.45. The van der Waals surface area contributed by atoms with Gasteiger partial charge < -0.3 is 4.74 Å². The molecule has 2 heteroatoms. The van der Waals surface area contributed by atoms with Crippen LogP contribution in [0.25, 0.3) is 0 Å². The Hall–Kier alpha value is -1.02. The van der Waals surface area contributed by atoms with Crippen LogP contribution in [0.1, 0.15) is 38.9 Å². The number of rotatable bonds is 2. The van der Waals surface area contributed by atoms with E-state index in [1.807, 2.05) is 0 Å². The van der Waals surface area contributed by atoms with Crippen LogP contribution in [0.3, 0.4) is 0 Å². The van der Waals surface area contributed by atoms with Crippen LogP contribution in [0.5, 0.6) is 0 Å². The normalized spacial score (nSPS) is 20.5. The van der Waals surface area contributed by atoms with Gasteiger partial charge in [0.15, 0.2) is 0 Å². The Labute approximate surface area is 112 Å². The van der Waals surface area contributed by atoms with E-state index in [0.29, 0.717) is 5.04 Å². The second kappa shape index (κ2) is 4.58. The Morgan fingerprint density at radius 2 is 1.72 bits per heavy atom. The van der Waals surface area contributed by atoms with Crippen molar-refractivity contribution in [2.75, 3.05) is 0 Å². The van der Waals surface area contributed by atoms with Crippen molar-refractivity contribution in [2.24, 2.45) is 0 Å². The summed E-state index contributed by atoms with van der Waals surface area (Å²) in [7, 11) is -1.51. The quantitative estimate of drug-likeness (QED) is 0.674. The molecule has 0 saturated carbocycles. The van der Waals surface area contributed by atoms with Crippen LogP contribution in [-0.4, -0.2) is 8.07 Å². The summed E-state index contributed by atoms with van der Waals surface area (Å²) in [6.45, 7) is 11.8. The van der Waals surface area contributed by atoms with Crippen molar-refractivity contribution in [1.29, 1.82) is 0 Å². The second-order valence-electron chi connectivity index (χ2n) is 6.70. The number of benzene rings is 1. The van der Waals surface area contributed by atoms with Crippen molar-refractivity contribution in [3.05, 3.63) is 47.4 Å². The van der Waals surface area contributed by atoms with Gasteiger partial charge in [0.05, 0.1) is 5.38 Å². The number of hydrogen-bond acceptors (Lipinski definition) is 1. The lowest BCUT2D eigenvalue weighted by molar-refractivity contribution is 0.158. The third-order valence-electron chi connectivity index (χ3n) is 4.45. The molecule has 0 aromatic heterocycles. The van der Waals surface area contributed by atoms with E-state index >= 15 is 0 Å². The molecule has 2 rings (SSSR count). The summed E-state index contributed by atoms with van der Waals surface area (Å²) in [6.07, 6.45) is 3.58. The average molecular weight is 260 g/mol. The third kappa shape index (κ3) is 2.39. The van der Waals surface area contributed by atoms with Crippen LogP contribution >= 0.6 is 0 Å². The van der Waals surface area contributed by atoms with Gasteiger partial charge in [-0.05, 0) is 16.7 Å². The molecular formula is C16H24OSi. The van der Waals surface area contributed by atoms with Crippen molar-refractivity contribution < 1.29 is 4.74 Å². The van der Waals surface area contributed by atoms with Crippen molar-refractivity contribution >= 4 is 8.07 Å². The molecule has 1 unspecified atom stereocenters. The molecule has 18 heavy (non-hydrogen) atoms. The molecular weight excluding hydrogens is 236 g/mol. The highest BCUT2D eigenvalue weighted by Gasteiger charge is 2.42. The van der Waals surface area contributed by atoms with Gasteiger partial charge in [-0.2, -0.15) is 0 Å². The van der Waals surface area contributed by atoms with E-state index in [1.54, 1.807) is 0 Å². The Morgan fingerprint density at radius 1 is 1.11 bits per heavy atom. The summed E-state index contributed by atoms with van der Waals surface area (Å²) in [5.74, 6) is 0. The van der Waals surface area contributed by atoms with Crippen molar-refractivity contribution in [3.63, 3.8) is 0 Å². The first-order valence-corrected chi connectivity index (χ1v) is 9.74. The smallest absolute Gasteiger partial charge is 0.130 e. The molecule has 0 N–H and O–H groups in total. The molecule has 1 heterocycles. The van der Waals surface area contributed by atoms with E-state index in [2.05, 4.69) is 70.3 Å². The monoisotopic (exact) mass is 260 g/mol. The van der Waals surface area contributed by atoms with Gasteiger partial charge in [-0.3, -0.25) is 0 Å². The molecule has 1 aliphatic heterocycles. The first-order valence-electron chi connectivity index (χ1n) is 6.74. The maximum Gasteiger partial charge on any atom is 0.130 e. The van der Waals surface area contributed by atoms with Gasteiger partial charge in [-0.15, -0.1) is 0 Å². The Morgan fingerprint density at radius 3 is 2.28 bits per heavy atom. The van der Waals surface area contributed by atoms with Gasteiger partial charge in [0.2, 0.25) is 0 Å². The zero-order valence-corrected chi connectivity index (χ0v) is 13.2.